The summed E-state index contributed by atoms with van der Waals surface area (Å²) in [5.74, 6) is -1.22. The molecule has 28 heavy (non-hydrogen) atoms. The highest BCUT2D eigenvalue weighted by atomic mass is 16.7. The Morgan fingerprint density at radius 2 is 2.14 bits per heavy atom. The molecule has 1 saturated carbocycles. The van der Waals surface area contributed by atoms with Gasteiger partial charge in [0.05, 0.1) is 13.2 Å². The number of methoxy groups -OCH3 is 1. The van der Waals surface area contributed by atoms with E-state index in [9.17, 15) is 9.59 Å². The summed E-state index contributed by atoms with van der Waals surface area (Å²) in [5, 5.41) is 0. The molecule has 4 aliphatic rings. The number of hydrogen-bond acceptors (Lipinski definition) is 6. The summed E-state index contributed by atoms with van der Waals surface area (Å²) in [5.41, 5.74) is -2.21. The molecular weight excluding hydrogens is 358 g/mol. The molecule has 3 heterocycles. The summed E-state index contributed by atoms with van der Waals surface area (Å²) >= 11 is 0. The van der Waals surface area contributed by atoms with Gasteiger partial charge < -0.3 is 14.2 Å². The first kappa shape index (κ1) is 17.9. The Labute approximate surface area is 164 Å². The summed E-state index contributed by atoms with van der Waals surface area (Å²) in [6.45, 7) is 4.63. The maximum Gasteiger partial charge on any atom is 0.354 e. The Morgan fingerprint density at radius 3 is 2.86 bits per heavy atom. The number of piperidine rings is 1. The summed E-state index contributed by atoms with van der Waals surface area (Å²) in [7, 11) is 1.30. The number of esters is 2. The number of rotatable bonds is 4. The van der Waals surface area contributed by atoms with Crippen LogP contribution >= 0.6 is 0 Å². The topological polar surface area (TPSA) is 68.4 Å². The van der Waals surface area contributed by atoms with Crippen molar-refractivity contribution in [3.05, 3.63) is 48.6 Å². The number of hydrogen-bond donors (Lipinski definition) is 0. The molecule has 0 aromatic heterocycles. The zero-order chi connectivity index (χ0) is 19.6. The summed E-state index contributed by atoms with van der Waals surface area (Å²) in [6, 6.07) is 10.2. The molecule has 2 spiro atoms. The van der Waals surface area contributed by atoms with Crippen LogP contribution in [0.4, 0.5) is 0 Å². The van der Waals surface area contributed by atoms with Crippen molar-refractivity contribution in [2.24, 2.45) is 0 Å². The third-order valence-electron chi connectivity index (χ3n) is 7.19. The second-order valence-electron chi connectivity index (χ2n) is 8.26. The van der Waals surface area contributed by atoms with E-state index in [-0.39, 0.29) is 12.1 Å². The predicted octanol–water partition coefficient (Wildman–Crippen LogP) is 2.54. The van der Waals surface area contributed by atoms with Gasteiger partial charge >= 0.3 is 11.9 Å². The number of benzene rings is 1. The van der Waals surface area contributed by atoms with Crippen molar-refractivity contribution in [1.29, 1.82) is 0 Å². The Hall–Kier alpha value is -2.18. The van der Waals surface area contributed by atoms with Gasteiger partial charge in [0.25, 0.3) is 5.60 Å². The van der Waals surface area contributed by atoms with Gasteiger partial charge in [-0.25, -0.2) is 9.59 Å². The number of carbonyl (C=O) groups excluding carboxylic acids is 2. The van der Waals surface area contributed by atoms with Crippen molar-refractivity contribution in [2.45, 2.75) is 61.0 Å². The van der Waals surface area contributed by atoms with Crippen LogP contribution in [0.2, 0.25) is 0 Å². The summed E-state index contributed by atoms with van der Waals surface area (Å²) in [4.78, 5) is 28.0. The first-order valence-electron chi connectivity index (χ1n) is 10.00. The molecule has 0 amide bonds. The number of ether oxygens (including phenoxy) is 3. The molecular formula is C22H25NO5. The molecule has 3 saturated heterocycles. The molecule has 5 atom stereocenters. The van der Waals surface area contributed by atoms with E-state index in [1.54, 1.807) is 0 Å². The lowest BCUT2D eigenvalue weighted by atomic mass is 9.62. The van der Waals surface area contributed by atoms with Gasteiger partial charge in [-0.2, -0.15) is 0 Å². The van der Waals surface area contributed by atoms with Gasteiger partial charge in [-0.3, -0.25) is 4.90 Å². The van der Waals surface area contributed by atoms with Gasteiger partial charge in [0.15, 0.2) is 11.2 Å². The van der Waals surface area contributed by atoms with Gasteiger partial charge in [-0.15, -0.1) is 6.58 Å². The number of likely N-dealkylation sites (tertiary alicyclic amines) is 1. The lowest BCUT2D eigenvalue weighted by Gasteiger charge is -2.55. The number of nitrogens with zero attached hydrogens (tertiary/aromatic N) is 1. The minimum atomic E-state index is -1.61. The molecule has 1 aromatic carbocycles. The zero-order valence-electron chi connectivity index (χ0n) is 16.1. The van der Waals surface area contributed by atoms with E-state index in [0.29, 0.717) is 19.4 Å². The van der Waals surface area contributed by atoms with Gasteiger partial charge in [0, 0.05) is 19.0 Å². The molecule has 0 radical (unpaired) electrons. The Morgan fingerprint density at radius 1 is 1.36 bits per heavy atom. The van der Waals surface area contributed by atoms with Crippen molar-refractivity contribution in [2.75, 3.05) is 13.7 Å². The van der Waals surface area contributed by atoms with Crippen LogP contribution in [-0.2, 0) is 23.8 Å². The van der Waals surface area contributed by atoms with Crippen molar-refractivity contribution >= 4 is 11.9 Å². The third kappa shape index (κ3) is 1.90. The average molecular weight is 383 g/mol. The smallest absolute Gasteiger partial charge is 0.354 e. The van der Waals surface area contributed by atoms with E-state index in [4.69, 9.17) is 14.2 Å². The molecule has 1 aliphatic carbocycles. The monoisotopic (exact) mass is 383 g/mol. The molecule has 148 valence electrons. The normalized spacial score (nSPS) is 41.2. The van der Waals surface area contributed by atoms with E-state index in [1.165, 1.54) is 7.11 Å². The summed E-state index contributed by atoms with van der Waals surface area (Å²) in [6.07, 6.45) is 6.02. The van der Waals surface area contributed by atoms with Crippen LogP contribution in [0.3, 0.4) is 0 Å². The maximum atomic E-state index is 13.0. The van der Waals surface area contributed by atoms with Crippen LogP contribution in [-0.4, -0.2) is 53.3 Å². The maximum absolute atomic E-state index is 13.0. The van der Waals surface area contributed by atoms with Crippen LogP contribution in [0.25, 0.3) is 0 Å². The first-order chi connectivity index (χ1) is 13.6. The number of epoxide rings is 1. The average Bonchev–Trinajstić information content (AvgIpc) is 3.36. The Bertz CT molecular complexity index is 841. The SMILES string of the molecule is C=CCN1[C@@H](c2ccccc2)C[C@]23O[C@@]2(C(=O)OC)C(=O)O[C@@]32CCCC[C@@H]12. The minimum Gasteiger partial charge on any atom is -0.466 e. The van der Waals surface area contributed by atoms with E-state index in [1.807, 2.05) is 24.3 Å². The molecule has 0 unspecified atom stereocenters. The van der Waals surface area contributed by atoms with Crippen molar-refractivity contribution in [3.63, 3.8) is 0 Å². The fraction of sp³-hybridized carbons (Fsp3) is 0.545. The van der Waals surface area contributed by atoms with E-state index < -0.39 is 28.7 Å². The molecule has 3 aliphatic heterocycles. The van der Waals surface area contributed by atoms with Crippen LogP contribution in [0.5, 0.6) is 0 Å². The molecule has 0 N–H and O–H groups in total. The third-order valence-corrected chi connectivity index (χ3v) is 7.19. The van der Waals surface area contributed by atoms with Gasteiger partial charge in [-0.05, 0) is 24.8 Å². The fourth-order valence-electron chi connectivity index (χ4n) is 6.08. The highest BCUT2D eigenvalue weighted by molar-refractivity contribution is 6.11. The zero-order valence-corrected chi connectivity index (χ0v) is 16.1. The van der Waals surface area contributed by atoms with Crippen LogP contribution in [0.15, 0.2) is 43.0 Å². The largest absolute Gasteiger partial charge is 0.466 e. The molecule has 0 bridgehead atoms. The Kier molecular flexibility index (Phi) is 3.77. The minimum absolute atomic E-state index is 0.0106. The Balaban J connectivity index is 1.66. The van der Waals surface area contributed by atoms with E-state index in [0.717, 1.165) is 24.8 Å². The van der Waals surface area contributed by atoms with E-state index in [2.05, 4.69) is 23.6 Å². The molecule has 6 nitrogen and oxygen atoms in total. The second kappa shape index (κ2) is 5.91. The van der Waals surface area contributed by atoms with Crippen LogP contribution < -0.4 is 0 Å². The lowest BCUT2D eigenvalue weighted by molar-refractivity contribution is -0.201. The first-order valence-corrected chi connectivity index (χ1v) is 10.00. The van der Waals surface area contributed by atoms with Gasteiger partial charge in [0.1, 0.15) is 0 Å². The molecule has 5 rings (SSSR count). The van der Waals surface area contributed by atoms with Gasteiger partial charge in [-0.1, -0.05) is 42.8 Å². The molecule has 4 fully saturated rings. The predicted molar refractivity (Wildman–Crippen MR) is 100 cm³/mol. The van der Waals surface area contributed by atoms with Crippen LogP contribution in [0.1, 0.15) is 43.7 Å². The fourth-order valence-corrected chi connectivity index (χ4v) is 6.08. The van der Waals surface area contributed by atoms with Gasteiger partial charge in [0.2, 0.25) is 0 Å². The van der Waals surface area contributed by atoms with Crippen LogP contribution in [0, 0.1) is 0 Å². The highest BCUT2D eigenvalue weighted by Crippen LogP contribution is 2.72. The highest BCUT2D eigenvalue weighted by Gasteiger charge is 2.96. The van der Waals surface area contributed by atoms with Crippen molar-refractivity contribution in [1.82, 2.24) is 4.90 Å². The standard InChI is InChI=1S/C22H25NO5/c1-3-13-23-16(15-9-5-4-6-10-15)14-21-20(12-8-7-11-17(20)23)27-19(25)22(21,28-21)18(24)26-2/h3-6,9-10,16-17H,1,7-8,11-14H2,2H3/t16-,17-,20-,21-,22+/m1/s1. The second-order valence-corrected chi connectivity index (χ2v) is 8.26. The lowest BCUT2D eigenvalue weighted by Crippen LogP contribution is -2.67. The van der Waals surface area contributed by atoms with Crippen molar-refractivity contribution in [3.8, 4) is 0 Å². The quantitative estimate of drug-likeness (QED) is 0.344. The molecule has 1 aromatic rings. The number of carbonyl (C=O) groups is 2. The summed E-state index contributed by atoms with van der Waals surface area (Å²) < 4.78 is 17.2. The van der Waals surface area contributed by atoms with Crippen molar-refractivity contribution < 1.29 is 23.8 Å². The molecule has 6 heteroatoms. The van der Waals surface area contributed by atoms with E-state index >= 15 is 0 Å².